The maximum absolute atomic E-state index is 8.47. The largest absolute Gasteiger partial charge is 0.501 e. The van der Waals surface area contributed by atoms with Crippen molar-refractivity contribution < 1.29 is 5.11 Å². The first kappa shape index (κ1) is 7.85. The van der Waals surface area contributed by atoms with Crippen LogP contribution in [-0.2, 0) is 0 Å². The molecule has 0 bridgehead atoms. The maximum Gasteiger partial charge on any atom is 0.170 e. The van der Waals surface area contributed by atoms with Gasteiger partial charge in [-0.05, 0) is 12.2 Å². The molecule has 0 aromatic heterocycles. The van der Waals surface area contributed by atoms with Gasteiger partial charge in [0.05, 0.1) is 6.54 Å². The summed E-state index contributed by atoms with van der Waals surface area (Å²) in [4.78, 5) is 0. The summed E-state index contributed by atoms with van der Waals surface area (Å²) in [5.41, 5.74) is 0. The van der Waals surface area contributed by atoms with E-state index in [4.69, 9.17) is 5.11 Å². The van der Waals surface area contributed by atoms with E-state index in [0.717, 1.165) is 0 Å². The standard InChI is InChI=1S/C5H11NOS/c1-4(2)6-3-5(7)8/h4,6H,3H2,1-2H3,(H,7,8). The van der Waals surface area contributed by atoms with E-state index in [1.807, 2.05) is 13.8 Å². The lowest BCUT2D eigenvalue weighted by Crippen LogP contribution is -2.27. The normalized spacial score (nSPS) is 9.88. The van der Waals surface area contributed by atoms with Crippen LogP contribution in [0, 0.1) is 0 Å². The third kappa shape index (κ3) is 5.85. The molecule has 0 aliphatic rings. The van der Waals surface area contributed by atoms with E-state index < -0.39 is 0 Å². The van der Waals surface area contributed by atoms with Gasteiger partial charge in [-0.1, -0.05) is 13.8 Å². The van der Waals surface area contributed by atoms with E-state index in [1.165, 1.54) is 0 Å². The molecule has 0 heterocycles. The van der Waals surface area contributed by atoms with Crippen molar-refractivity contribution in [2.45, 2.75) is 19.9 Å². The summed E-state index contributed by atoms with van der Waals surface area (Å²) in [7, 11) is 0. The molecular weight excluding hydrogens is 122 g/mol. The highest BCUT2D eigenvalue weighted by Gasteiger charge is 1.92. The van der Waals surface area contributed by atoms with Gasteiger partial charge in [-0.15, -0.1) is 0 Å². The Morgan fingerprint density at radius 3 is 2.38 bits per heavy atom. The first-order chi connectivity index (χ1) is 3.63. The smallest absolute Gasteiger partial charge is 0.170 e. The Morgan fingerprint density at radius 1 is 1.75 bits per heavy atom. The molecule has 0 aliphatic carbocycles. The molecule has 0 amide bonds. The Balaban J connectivity index is 3.05. The highest BCUT2D eigenvalue weighted by atomic mass is 32.1. The van der Waals surface area contributed by atoms with Crippen molar-refractivity contribution in [1.82, 2.24) is 5.32 Å². The number of nitrogens with one attached hydrogen (secondary N) is 1. The lowest BCUT2D eigenvalue weighted by atomic mass is 10.4. The minimum Gasteiger partial charge on any atom is -0.501 e. The van der Waals surface area contributed by atoms with Crippen LogP contribution < -0.4 is 5.32 Å². The molecule has 2 N–H and O–H groups in total. The summed E-state index contributed by atoms with van der Waals surface area (Å²) in [6, 6.07) is 0.389. The number of hydrogen-bond acceptors (Lipinski definition) is 2. The fourth-order valence-electron chi connectivity index (χ4n) is 0.291. The number of aliphatic hydroxyl groups is 1. The highest BCUT2D eigenvalue weighted by molar-refractivity contribution is 7.80. The molecule has 0 spiro atoms. The lowest BCUT2D eigenvalue weighted by Gasteiger charge is -2.03. The fourth-order valence-corrected chi connectivity index (χ4v) is 0.375. The molecule has 2 nitrogen and oxygen atoms in total. The Morgan fingerprint density at radius 2 is 2.25 bits per heavy atom. The molecule has 0 saturated carbocycles. The number of rotatable bonds is 3. The molecule has 48 valence electrons. The van der Waals surface area contributed by atoms with Crippen LogP contribution in [0.5, 0.6) is 0 Å². The Hall–Kier alpha value is -0.150. The summed E-state index contributed by atoms with van der Waals surface area (Å²) >= 11 is 4.41. The molecule has 0 aromatic carbocycles. The average Bonchev–Trinajstić information content (AvgIpc) is 1.61. The van der Waals surface area contributed by atoms with Crippen molar-refractivity contribution in [1.29, 1.82) is 0 Å². The van der Waals surface area contributed by atoms with Crippen LogP contribution >= 0.6 is 12.2 Å². The van der Waals surface area contributed by atoms with Crippen LogP contribution in [0.3, 0.4) is 0 Å². The van der Waals surface area contributed by atoms with Gasteiger partial charge in [-0.2, -0.15) is 0 Å². The molecule has 3 heteroatoms. The third-order valence-corrected chi connectivity index (χ3v) is 0.806. The second-order valence-electron chi connectivity index (χ2n) is 1.93. The molecule has 0 rings (SSSR count). The van der Waals surface area contributed by atoms with Crippen molar-refractivity contribution >= 4 is 17.3 Å². The molecule has 8 heavy (non-hydrogen) atoms. The van der Waals surface area contributed by atoms with E-state index in [1.54, 1.807) is 0 Å². The number of hydrogen-bond donors (Lipinski definition) is 2. The minimum absolute atomic E-state index is 0.0266. The third-order valence-electron chi connectivity index (χ3n) is 0.662. The highest BCUT2D eigenvalue weighted by Crippen LogP contribution is 1.74. The van der Waals surface area contributed by atoms with Crippen LogP contribution in [0.4, 0.5) is 0 Å². The fraction of sp³-hybridized carbons (Fsp3) is 0.800. The quantitative estimate of drug-likeness (QED) is 0.560. The molecular formula is C5H11NOS. The maximum atomic E-state index is 8.47. The Kier molecular flexibility index (Phi) is 3.73. The van der Waals surface area contributed by atoms with Crippen LogP contribution in [-0.4, -0.2) is 22.7 Å². The zero-order chi connectivity index (χ0) is 6.57. The minimum atomic E-state index is 0.0266. The van der Waals surface area contributed by atoms with E-state index in [0.29, 0.717) is 12.6 Å². The van der Waals surface area contributed by atoms with E-state index in [2.05, 4.69) is 17.5 Å². The van der Waals surface area contributed by atoms with Gasteiger partial charge in [0.2, 0.25) is 0 Å². The van der Waals surface area contributed by atoms with Crippen LogP contribution in [0.15, 0.2) is 0 Å². The lowest BCUT2D eigenvalue weighted by molar-refractivity contribution is 0.529. The predicted molar refractivity (Wildman–Crippen MR) is 38.4 cm³/mol. The van der Waals surface area contributed by atoms with Crippen LogP contribution in [0.25, 0.3) is 0 Å². The zero-order valence-electron chi connectivity index (χ0n) is 5.14. The molecule has 0 unspecified atom stereocenters. The van der Waals surface area contributed by atoms with E-state index in [9.17, 15) is 0 Å². The van der Waals surface area contributed by atoms with Crippen molar-refractivity contribution in [2.75, 3.05) is 6.54 Å². The van der Waals surface area contributed by atoms with Crippen molar-refractivity contribution in [3.05, 3.63) is 0 Å². The van der Waals surface area contributed by atoms with E-state index >= 15 is 0 Å². The van der Waals surface area contributed by atoms with Gasteiger partial charge in [0.25, 0.3) is 0 Å². The SMILES string of the molecule is CC(C)NCC(O)=S. The van der Waals surface area contributed by atoms with Gasteiger partial charge in [0.15, 0.2) is 5.05 Å². The van der Waals surface area contributed by atoms with Gasteiger partial charge in [-0.3, -0.25) is 0 Å². The topological polar surface area (TPSA) is 32.3 Å². The van der Waals surface area contributed by atoms with Crippen molar-refractivity contribution in [2.24, 2.45) is 0 Å². The molecule has 0 atom stereocenters. The van der Waals surface area contributed by atoms with Crippen LogP contribution in [0.1, 0.15) is 13.8 Å². The van der Waals surface area contributed by atoms with Gasteiger partial charge < -0.3 is 10.4 Å². The molecule has 0 aromatic rings. The van der Waals surface area contributed by atoms with Crippen molar-refractivity contribution in [3.8, 4) is 0 Å². The Bertz CT molecular complexity index is 82.5. The van der Waals surface area contributed by atoms with Crippen molar-refractivity contribution in [3.63, 3.8) is 0 Å². The van der Waals surface area contributed by atoms with Gasteiger partial charge in [0, 0.05) is 6.04 Å². The second kappa shape index (κ2) is 3.80. The van der Waals surface area contributed by atoms with Gasteiger partial charge >= 0.3 is 0 Å². The van der Waals surface area contributed by atoms with E-state index in [-0.39, 0.29) is 5.05 Å². The molecule has 0 aliphatic heterocycles. The van der Waals surface area contributed by atoms with Gasteiger partial charge in [-0.25, -0.2) is 0 Å². The zero-order valence-corrected chi connectivity index (χ0v) is 5.96. The number of aliphatic hydroxyl groups excluding tert-OH is 1. The average molecular weight is 133 g/mol. The molecule has 0 saturated heterocycles. The molecule has 0 radical (unpaired) electrons. The Labute approximate surface area is 54.9 Å². The second-order valence-corrected chi connectivity index (χ2v) is 2.40. The molecule has 0 fully saturated rings. The summed E-state index contributed by atoms with van der Waals surface area (Å²) in [5, 5.41) is 11.5. The van der Waals surface area contributed by atoms with Gasteiger partial charge in [0.1, 0.15) is 0 Å². The summed E-state index contributed by atoms with van der Waals surface area (Å²) in [6.45, 7) is 4.42. The number of thiocarbonyl (C=S) groups is 1. The monoisotopic (exact) mass is 133 g/mol. The summed E-state index contributed by atoms with van der Waals surface area (Å²) < 4.78 is 0. The predicted octanol–water partition coefficient (Wildman–Crippen LogP) is 0.870. The first-order valence-electron chi connectivity index (χ1n) is 2.58. The first-order valence-corrected chi connectivity index (χ1v) is 2.99. The summed E-state index contributed by atoms with van der Waals surface area (Å²) in [6.07, 6.45) is 0. The van der Waals surface area contributed by atoms with Crippen LogP contribution in [0.2, 0.25) is 0 Å². The summed E-state index contributed by atoms with van der Waals surface area (Å²) in [5.74, 6) is 0.